The van der Waals surface area contributed by atoms with Crippen molar-refractivity contribution in [3.8, 4) is 5.88 Å². The summed E-state index contributed by atoms with van der Waals surface area (Å²) < 4.78 is 42.1. The Hall–Kier alpha value is -3.95. The van der Waals surface area contributed by atoms with E-state index in [1.165, 1.54) is 48.9 Å². The van der Waals surface area contributed by atoms with E-state index in [-0.39, 0.29) is 23.6 Å². The zero-order chi connectivity index (χ0) is 23.1. The summed E-state index contributed by atoms with van der Waals surface area (Å²) in [7, 11) is 0. The van der Waals surface area contributed by atoms with Gasteiger partial charge >= 0.3 is 6.18 Å². The van der Waals surface area contributed by atoms with E-state index < -0.39 is 24.6 Å². The number of hydrogen-bond donors (Lipinski definition) is 2. The third-order valence-corrected chi connectivity index (χ3v) is 4.36. The lowest BCUT2D eigenvalue weighted by Gasteiger charge is -2.15. The Morgan fingerprint density at radius 1 is 1.00 bits per heavy atom. The summed E-state index contributed by atoms with van der Waals surface area (Å²) in [6.07, 6.45) is -0.259. The molecule has 3 rings (SSSR count). The van der Waals surface area contributed by atoms with Crippen molar-refractivity contribution in [3.05, 3.63) is 83.3 Å². The van der Waals surface area contributed by atoms with Gasteiger partial charge in [-0.05, 0) is 36.8 Å². The van der Waals surface area contributed by atoms with Gasteiger partial charge in [-0.3, -0.25) is 14.6 Å². The molecule has 0 saturated carbocycles. The van der Waals surface area contributed by atoms with Crippen molar-refractivity contribution >= 4 is 17.5 Å². The third kappa shape index (κ3) is 6.03. The fraction of sp³-hybridized carbons (Fsp3) is 0.182. The lowest BCUT2D eigenvalue weighted by atomic mass is 10.1. The van der Waals surface area contributed by atoms with Crippen LogP contribution < -0.4 is 15.4 Å². The second-order valence-electron chi connectivity index (χ2n) is 6.74. The number of amides is 2. The van der Waals surface area contributed by atoms with Crippen LogP contribution in [0.4, 0.5) is 18.9 Å². The van der Waals surface area contributed by atoms with Crippen molar-refractivity contribution < 1.29 is 27.5 Å². The fourth-order valence-electron chi connectivity index (χ4n) is 2.82. The van der Waals surface area contributed by atoms with Crippen LogP contribution in [0.25, 0.3) is 0 Å². The average molecular weight is 444 g/mol. The average Bonchev–Trinajstić information content (AvgIpc) is 2.78. The van der Waals surface area contributed by atoms with Gasteiger partial charge in [0.2, 0.25) is 5.88 Å². The normalized spacial score (nSPS) is 11.0. The smallest absolute Gasteiger partial charge is 0.422 e. The van der Waals surface area contributed by atoms with Crippen LogP contribution in [0.3, 0.4) is 0 Å². The van der Waals surface area contributed by atoms with Crippen LogP contribution in [0.5, 0.6) is 5.88 Å². The largest absolute Gasteiger partial charge is 0.468 e. The Kier molecular flexibility index (Phi) is 7.04. The molecule has 1 aromatic carbocycles. The number of anilines is 1. The summed E-state index contributed by atoms with van der Waals surface area (Å²) in [6.45, 7) is 0.128. The molecule has 0 atom stereocenters. The maximum Gasteiger partial charge on any atom is 0.422 e. The molecule has 0 aliphatic heterocycles. The number of halogens is 3. The van der Waals surface area contributed by atoms with Crippen LogP contribution in [0, 0.1) is 6.92 Å². The number of carbonyl (C=O) groups is 2. The van der Waals surface area contributed by atoms with Crippen LogP contribution in [0.1, 0.15) is 31.8 Å². The van der Waals surface area contributed by atoms with Gasteiger partial charge in [0.25, 0.3) is 11.8 Å². The highest BCUT2D eigenvalue weighted by Crippen LogP contribution is 2.23. The molecule has 2 N–H and O–H groups in total. The van der Waals surface area contributed by atoms with Crippen molar-refractivity contribution in [3.63, 3.8) is 0 Å². The van der Waals surface area contributed by atoms with E-state index in [9.17, 15) is 22.8 Å². The van der Waals surface area contributed by atoms with Gasteiger partial charge in [0.15, 0.2) is 6.61 Å². The molecule has 0 aliphatic carbocycles. The molecular formula is C22H19F3N4O3. The molecule has 0 fully saturated rings. The van der Waals surface area contributed by atoms with Crippen LogP contribution in [0.2, 0.25) is 0 Å². The van der Waals surface area contributed by atoms with E-state index >= 15 is 0 Å². The van der Waals surface area contributed by atoms with Crippen molar-refractivity contribution in [1.82, 2.24) is 15.3 Å². The van der Waals surface area contributed by atoms with Crippen LogP contribution in [-0.4, -0.2) is 34.6 Å². The lowest BCUT2D eigenvalue weighted by Crippen LogP contribution is -2.26. The first kappa shape index (κ1) is 22.7. The number of hydrogen-bond acceptors (Lipinski definition) is 5. The van der Waals surface area contributed by atoms with E-state index in [0.29, 0.717) is 16.8 Å². The lowest BCUT2D eigenvalue weighted by molar-refractivity contribution is -0.154. The maximum atomic E-state index is 12.8. The second-order valence-corrected chi connectivity index (χ2v) is 6.74. The summed E-state index contributed by atoms with van der Waals surface area (Å²) in [4.78, 5) is 33.0. The Balaban J connectivity index is 1.74. The number of pyridine rings is 2. The first-order valence-corrected chi connectivity index (χ1v) is 9.47. The molecule has 0 aliphatic rings. The minimum absolute atomic E-state index is 0.119. The summed E-state index contributed by atoms with van der Waals surface area (Å²) in [5.74, 6) is -1.16. The number of rotatable bonds is 7. The van der Waals surface area contributed by atoms with Gasteiger partial charge in [-0.25, -0.2) is 4.98 Å². The molecule has 3 aromatic rings. The number of aromatic nitrogens is 2. The van der Waals surface area contributed by atoms with Crippen LogP contribution in [0.15, 0.2) is 61.1 Å². The highest BCUT2D eigenvalue weighted by molar-refractivity contribution is 6.09. The Morgan fingerprint density at radius 2 is 1.75 bits per heavy atom. The molecule has 10 heteroatoms. The van der Waals surface area contributed by atoms with E-state index in [1.807, 2.05) is 0 Å². The number of alkyl halides is 3. The highest BCUT2D eigenvalue weighted by atomic mass is 19.4. The minimum Gasteiger partial charge on any atom is -0.468 e. The van der Waals surface area contributed by atoms with E-state index in [1.54, 1.807) is 19.1 Å². The number of benzene rings is 1. The van der Waals surface area contributed by atoms with Gasteiger partial charge in [0.1, 0.15) is 0 Å². The van der Waals surface area contributed by atoms with Gasteiger partial charge < -0.3 is 15.4 Å². The van der Waals surface area contributed by atoms with Crippen molar-refractivity contribution in [1.29, 1.82) is 0 Å². The monoisotopic (exact) mass is 444 g/mol. The molecule has 166 valence electrons. The predicted octanol–water partition coefficient (Wildman–Crippen LogP) is 3.91. The predicted molar refractivity (Wildman–Crippen MR) is 110 cm³/mol. The van der Waals surface area contributed by atoms with Gasteiger partial charge in [-0.15, -0.1) is 0 Å². The Bertz CT molecular complexity index is 1110. The molecule has 32 heavy (non-hydrogen) atoms. The zero-order valence-electron chi connectivity index (χ0n) is 16.9. The van der Waals surface area contributed by atoms with Crippen molar-refractivity contribution in [2.75, 3.05) is 11.9 Å². The second kappa shape index (κ2) is 9.90. The number of para-hydroxylation sites is 1. The van der Waals surface area contributed by atoms with Gasteiger partial charge in [-0.2, -0.15) is 13.2 Å². The molecule has 0 saturated heterocycles. The number of nitrogens with one attached hydrogen (secondary N) is 2. The molecule has 0 bridgehead atoms. The van der Waals surface area contributed by atoms with Crippen LogP contribution in [-0.2, 0) is 6.54 Å². The first-order valence-electron chi connectivity index (χ1n) is 9.47. The zero-order valence-corrected chi connectivity index (χ0v) is 16.9. The molecule has 2 amide bonds. The number of aryl methyl sites for hydroxylation is 1. The van der Waals surface area contributed by atoms with Crippen LogP contribution >= 0.6 is 0 Å². The standard InChI is InChI=1S/C22H19F3N4O3/c1-14-4-2-6-17(18(14)29-19(30)15-7-10-26-11-8-15)20(31)28-12-16-5-3-9-27-21(16)32-13-22(23,24)25/h2-11H,12-13H2,1H3,(H,28,31)(H,29,30). The van der Waals surface area contributed by atoms with Gasteiger partial charge in [0.05, 0.1) is 11.3 Å². The molecule has 0 radical (unpaired) electrons. The van der Waals surface area contributed by atoms with Gasteiger partial charge in [0, 0.05) is 36.3 Å². The molecular weight excluding hydrogens is 425 g/mol. The maximum absolute atomic E-state index is 12.8. The molecule has 0 unspecified atom stereocenters. The Morgan fingerprint density at radius 3 is 2.47 bits per heavy atom. The minimum atomic E-state index is -4.51. The number of ether oxygens (including phenoxy) is 1. The molecule has 2 aromatic heterocycles. The molecule has 0 spiro atoms. The summed E-state index contributed by atoms with van der Waals surface area (Å²) in [5.41, 5.74) is 1.84. The SMILES string of the molecule is Cc1cccc(C(=O)NCc2cccnc2OCC(F)(F)F)c1NC(=O)c1ccncc1. The third-order valence-electron chi connectivity index (χ3n) is 4.36. The highest BCUT2D eigenvalue weighted by Gasteiger charge is 2.29. The summed E-state index contributed by atoms with van der Waals surface area (Å²) in [5, 5.41) is 5.36. The van der Waals surface area contributed by atoms with Crippen molar-refractivity contribution in [2.24, 2.45) is 0 Å². The van der Waals surface area contributed by atoms with Gasteiger partial charge in [-0.1, -0.05) is 18.2 Å². The van der Waals surface area contributed by atoms with Crippen molar-refractivity contribution in [2.45, 2.75) is 19.6 Å². The number of carbonyl (C=O) groups excluding carboxylic acids is 2. The topological polar surface area (TPSA) is 93.2 Å². The van der Waals surface area contributed by atoms with E-state index in [0.717, 1.165) is 0 Å². The fourth-order valence-corrected chi connectivity index (χ4v) is 2.82. The Labute approximate surface area is 181 Å². The molecule has 2 heterocycles. The number of nitrogens with zero attached hydrogens (tertiary/aromatic N) is 2. The summed E-state index contributed by atoms with van der Waals surface area (Å²) in [6, 6.07) is 11.0. The summed E-state index contributed by atoms with van der Waals surface area (Å²) >= 11 is 0. The first-order chi connectivity index (χ1) is 15.2. The van der Waals surface area contributed by atoms with E-state index in [4.69, 9.17) is 4.74 Å². The molecule has 7 nitrogen and oxygen atoms in total. The van der Waals surface area contributed by atoms with E-state index in [2.05, 4.69) is 20.6 Å². The quantitative estimate of drug-likeness (QED) is 0.577.